The standard InChI is InChI=1S/C28H22F2N4O4/c1-34-27(35)20(15-32-28(34)33-18-6-4-5-17(29)12-18)16-7-8-24(21(30)11-16)38-23-9-10-31-22-14-26(37-3)25(36-2)13-19(22)23/h4-15H,1-3H3,(H,32,33). The molecule has 0 radical (unpaired) electrons. The molecular formula is C28H22F2N4O4. The molecule has 0 aliphatic carbocycles. The maximum atomic E-state index is 15.2. The van der Waals surface area contributed by atoms with Gasteiger partial charge in [0, 0.05) is 36.6 Å². The second-order valence-corrected chi connectivity index (χ2v) is 8.28. The Bertz CT molecular complexity index is 1720. The zero-order chi connectivity index (χ0) is 26.8. The lowest BCUT2D eigenvalue weighted by molar-refractivity contribution is 0.355. The average Bonchev–Trinajstić information content (AvgIpc) is 2.92. The van der Waals surface area contributed by atoms with E-state index in [0.29, 0.717) is 39.4 Å². The fraction of sp³-hybridized carbons (Fsp3) is 0.107. The van der Waals surface area contributed by atoms with Crippen molar-refractivity contribution in [3.8, 4) is 34.1 Å². The van der Waals surface area contributed by atoms with Gasteiger partial charge in [0.15, 0.2) is 23.1 Å². The monoisotopic (exact) mass is 516 g/mol. The van der Waals surface area contributed by atoms with Gasteiger partial charge in [0.2, 0.25) is 5.95 Å². The van der Waals surface area contributed by atoms with Gasteiger partial charge >= 0.3 is 0 Å². The van der Waals surface area contributed by atoms with Crippen molar-refractivity contribution < 1.29 is 23.0 Å². The fourth-order valence-corrected chi connectivity index (χ4v) is 3.96. The third kappa shape index (κ3) is 4.71. The molecule has 0 unspecified atom stereocenters. The molecule has 0 saturated heterocycles. The Balaban J connectivity index is 1.44. The molecule has 0 aliphatic heterocycles. The SMILES string of the molecule is COc1cc2nccc(Oc3ccc(-c4cnc(Nc5cccc(F)c5)n(C)c4=O)cc3F)c2cc1OC. The van der Waals surface area contributed by atoms with Crippen LogP contribution in [0.1, 0.15) is 0 Å². The molecule has 2 aromatic heterocycles. The first-order valence-electron chi connectivity index (χ1n) is 11.4. The Labute approximate surface area is 216 Å². The number of methoxy groups -OCH3 is 2. The largest absolute Gasteiger partial charge is 0.493 e. The minimum Gasteiger partial charge on any atom is -0.493 e. The van der Waals surface area contributed by atoms with Crippen molar-refractivity contribution >= 4 is 22.5 Å². The Morgan fingerprint density at radius 3 is 2.39 bits per heavy atom. The van der Waals surface area contributed by atoms with E-state index < -0.39 is 17.2 Å². The van der Waals surface area contributed by atoms with E-state index in [4.69, 9.17) is 14.2 Å². The van der Waals surface area contributed by atoms with E-state index in [1.54, 1.807) is 42.6 Å². The first-order valence-corrected chi connectivity index (χ1v) is 11.4. The Morgan fingerprint density at radius 2 is 1.66 bits per heavy atom. The predicted octanol–water partition coefficient (Wildman–Crippen LogP) is 5.83. The summed E-state index contributed by atoms with van der Waals surface area (Å²) in [4.78, 5) is 21.6. The Morgan fingerprint density at radius 1 is 0.868 bits per heavy atom. The topological polar surface area (TPSA) is 87.5 Å². The summed E-state index contributed by atoms with van der Waals surface area (Å²) in [5.74, 6) is 0.435. The third-order valence-corrected chi connectivity index (χ3v) is 5.92. The van der Waals surface area contributed by atoms with Crippen LogP contribution in [0.2, 0.25) is 0 Å². The molecule has 0 bridgehead atoms. The molecule has 5 rings (SSSR count). The molecule has 0 saturated carbocycles. The number of benzene rings is 3. The maximum absolute atomic E-state index is 15.2. The van der Waals surface area contributed by atoms with Gasteiger partial charge in [-0.1, -0.05) is 12.1 Å². The second-order valence-electron chi connectivity index (χ2n) is 8.28. The minimum absolute atomic E-state index is 0.0368. The lowest BCUT2D eigenvalue weighted by Crippen LogP contribution is -2.22. The number of anilines is 2. The van der Waals surface area contributed by atoms with Gasteiger partial charge in [0.05, 0.1) is 25.3 Å². The van der Waals surface area contributed by atoms with E-state index in [1.165, 1.54) is 56.3 Å². The molecule has 8 nitrogen and oxygen atoms in total. The highest BCUT2D eigenvalue weighted by Crippen LogP contribution is 2.37. The number of fused-ring (bicyclic) bond motifs is 1. The van der Waals surface area contributed by atoms with Crippen LogP contribution in [0.3, 0.4) is 0 Å². The van der Waals surface area contributed by atoms with Gasteiger partial charge in [-0.3, -0.25) is 14.3 Å². The summed E-state index contributed by atoms with van der Waals surface area (Å²) < 4.78 is 46.5. The van der Waals surface area contributed by atoms with E-state index in [9.17, 15) is 9.18 Å². The number of pyridine rings is 1. The van der Waals surface area contributed by atoms with Crippen molar-refractivity contribution in [2.24, 2.45) is 7.05 Å². The van der Waals surface area contributed by atoms with Gasteiger partial charge in [0.25, 0.3) is 5.56 Å². The average molecular weight is 517 g/mol. The van der Waals surface area contributed by atoms with E-state index in [-0.39, 0.29) is 17.3 Å². The zero-order valence-corrected chi connectivity index (χ0v) is 20.7. The highest BCUT2D eigenvalue weighted by atomic mass is 19.1. The van der Waals surface area contributed by atoms with Crippen molar-refractivity contribution in [2.45, 2.75) is 0 Å². The van der Waals surface area contributed by atoms with Crippen LogP contribution in [0.4, 0.5) is 20.4 Å². The van der Waals surface area contributed by atoms with Gasteiger partial charge in [-0.2, -0.15) is 0 Å². The smallest absolute Gasteiger partial charge is 0.262 e. The van der Waals surface area contributed by atoms with E-state index in [0.717, 1.165) is 0 Å². The molecule has 0 spiro atoms. The zero-order valence-electron chi connectivity index (χ0n) is 20.7. The number of rotatable bonds is 7. The number of ether oxygens (including phenoxy) is 3. The van der Waals surface area contributed by atoms with Crippen molar-refractivity contribution in [1.82, 2.24) is 14.5 Å². The molecule has 192 valence electrons. The van der Waals surface area contributed by atoms with E-state index >= 15 is 4.39 Å². The van der Waals surface area contributed by atoms with Crippen molar-refractivity contribution in [2.75, 3.05) is 19.5 Å². The van der Waals surface area contributed by atoms with Gasteiger partial charge in [-0.25, -0.2) is 13.8 Å². The van der Waals surface area contributed by atoms with Crippen LogP contribution < -0.4 is 25.1 Å². The number of hydrogen-bond donors (Lipinski definition) is 1. The van der Waals surface area contributed by atoms with Crippen molar-refractivity contribution in [3.05, 3.63) is 95.0 Å². The highest BCUT2D eigenvalue weighted by Gasteiger charge is 2.16. The summed E-state index contributed by atoms with van der Waals surface area (Å²) in [6.07, 6.45) is 2.89. The Kier molecular flexibility index (Phi) is 6.61. The summed E-state index contributed by atoms with van der Waals surface area (Å²) in [7, 11) is 4.56. The highest BCUT2D eigenvalue weighted by molar-refractivity contribution is 5.88. The first kappa shape index (κ1) is 24.7. The van der Waals surface area contributed by atoms with Crippen LogP contribution >= 0.6 is 0 Å². The molecule has 38 heavy (non-hydrogen) atoms. The molecule has 0 aliphatic rings. The summed E-state index contributed by atoms with van der Waals surface area (Å²) >= 11 is 0. The Hall–Kier alpha value is -4.99. The molecule has 3 aromatic carbocycles. The van der Waals surface area contributed by atoms with Crippen LogP contribution in [-0.4, -0.2) is 28.8 Å². The van der Waals surface area contributed by atoms with Gasteiger partial charge in [-0.05, 0) is 48.0 Å². The first-order chi connectivity index (χ1) is 18.4. The summed E-state index contributed by atoms with van der Waals surface area (Å²) in [6.45, 7) is 0. The summed E-state index contributed by atoms with van der Waals surface area (Å²) in [6, 6.07) is 15.0. The normalized spacial score (nSPS) is 10.9. The van der Waals surface area contributed by atoms with E-state index in [2.05, 4.69) is 15.3 Å². The van der Waals surface area contributed by atoms with Gasteiger partial charge < -0.3 is 19.5 Å². The van der Waals surface area contributed by atoms with Gasteiger partial charge in [0.1, 0.15) is 11.6 Å². The van der Waals surface area contributed by atoms with Crippen LogP contribution in [-0.2, 0) is 7.05 Å². The van der Waals surface area contributed by atoms with E-state index in [1.807, 2.05) is 0 Å². The van der Waals surface area contributed by atoms with Crippen LogP contribution in [0.25, 0.3) is 22.0 Å². The molecule has 0 fully saturated rings. The maximum Gasteiger partial charge on any atom is 0.262 e. The quantitative estimate of drug-likeness (QED) is 0.291. The van der Waals surface area contributed by atoms with Gasteiger partial charge in [-0.15, -0.1) is 0 Å². The minimum atomic E-state index is -0.669. The molecule has 0 amide bonds. The molecular weight excluding hydrogens is 494 g/mol. The number of hydrogen-bond acceptors (Lipinski definition) is 7. The predicted molar refractivity (Wildman–Crippen MR) is 139 cm³/mol. The molecule has 0 atom stereocenters. The number of nitrogens with zero attached hydrogens (tertiary/aromatic N) is 3. The number of nitrogens with one attached hydrogen (secondary N) is 1. The lowest BCUT2D eigenvalue weighted by Gasteiger charge is -2.14. The second kappa shape index (κ2) is 10.2. The van der Waals surface area contributed by atoms with Crippen LogP contribution in [0.5, 0.6) is 23.0 Å². The van der Waals surface area contributed by atoms with Crippen molar-refractivity contribution in [1.29, 1.82) is 0 Å². The third-order valence-electron chi connectivity index (χ3n) is 5.92. The van der Waals surface area contributed by atoms with Crippen LogP contribution in [0.15, 0.2) is 77.9 Å². The molecule has 2 heterocycles. The lowest BCUT2D eigenvalue weighted by atomic mass is 10.1. The fourth-order valence-electron chi connectivity index (χ4n) is 3.96. The van der Waals surface area contributed by atoms with Crippen LogP contribution in [0, 0.1) is 11.6 Å². The molecule has 10 heteroatoms. The number of aromatic nitrogens is 3. The summed E-state index contributed by atoms with van der Waals surface area (Å²) in [5, 5.41) is 3.51. The van der Waals surface area contributed by atoms with Crippen molar-refractivity contribution in [3.63, 3.8) is 0 Å². The molecule has 1 N–H and O–H groups in total. The molecule has 5 aromatic rings. The summed E-state index contributed by atoms with van der Waals surface area (Å²) in [5.41, 5.74) is 1.12. The number of halogens is 2.